The van der Waals surface area contributed by atoms with Gasteiger partial charge in [0.15, 0.2) is 0 Å². The van der Waals surface area contributed by atoms with Gasteiger partial charge in [-0.1, -0.05) is 12.1 Å². The number of carbonyl (C=O) groups excluding carboxylic acids is 1. The number of rotatable bonds is 6. The Balaban J connectivity index is 1.41. The van der Waals surface area contributed by atoms with Gasteiger partial charge in [0, 0.05) is 36.3 Å². The molecule has 2 amide bonds. The lowest BCUT2D eigenvalue weighted by Gasteiger charge is -2.19. The summed E-state index contributed by atoms with van der Waals surface area (Å²) in [5.41, 5.74) is 1.18. The fourth-order valence-corrected chi connectivity index (χ4v) is 3.57. The molecule has 24 heavy (non-hydrogen) atoms. The molecule has 0 spiro atoms. The van der Waals surface area contributed by atoms with Crippen LogP contribution in [-0.2, 0) is 6.54 Å². The minimum Gasteiger partial charge on any atom is -0.497 e. The van der Waals surface area contributed by atoms with Crippen LogP contribution in [0, 0.1) is 5.92 Å². The van der Waals surface area contributed by atoms with Crippen molar-refractivity contribution in [1.82, 2.24) is 10.6 Å². The zero-order valence-corrected chi connectivity index (χ0v) is 14.6. The lowest BCUT2D eigenvalue weighted by Crippen LogP contribution is -2.38. The molecular formula is C18H23N3O2S. The Hall–Kier alpha value is -2.21. The number of amides is 2. The SMILES string of the molecule is COc1cccc(N2CC[C@H](CNC(=O)NCc3cccs3)C2)c1. The van der Waals surface area contributed by atoms with Crippen LogP contribution in [-0.4, -0.2) is 32.8 Å². The Labute approximate surface area is 146 Å². The van der Waals surface area contributed by atoms with E-state index in [1.165, 1.54) is 5.69 Å². The number of carbonyl (C=O) groups is 1. The van der Waals surface area contributed by atoms with Gasteiger partial charge in [0.25, 0.3) is 0 Å². The first-order valence-corrected chi connectivity index (χ1v) is 9.05. The third kappa shape index (κ3) is 4.41. The topological polar surface area (TPSA) is 53.6 Å². The molecule has 0 aliphatic carbocycles. The van der Waals surface area contributed by atoms with Gasteiger partial charge < -0.3 is 20.3 Å². The van der Waals surface area contributed by atoms with Gasteiger partial charge in [-0.3, -0.25) is 0 Å². The van der Waals surface area contributed by atoms with Crippen molar-refractivity contribution < 1.29 is 9.53 Å². The van der Waals surface area contributed by atoms with Crippen molar-refractivity contribution in [2.75, 3.05) is 31.6 Å². The van der Waals surface area contributed by atoms with Crippen LogP contribution in [0.5, 0.6) is 5.75 Å². The van der Waals surface area contributed by atoms with Crippen molar-refractivity contribution in [2.24, 2.45) is 5.92 Å². The molecule has 1 fully saturated rings. The number of hydrogen-bond donors (Lipinski definition) is 2. The quantitative estimate of drug-likeness (QED) is 0.846. The second-order valence-electron chi connectivity index (χ2n) is 5.95. The summed E-state index contributed by atoms with van der Waals surface area (Å²) in [5.74, 6) is 1.35. The summed E-state index contributed by atoms with van der Waals surface area (Å²) in [6.45, 7) is 3.26. The molecule has 0 unspecified atom stereocenters. The molecule has 1 atom stereocenters. The van der Waals surface area contributed by atoms with Crippen molar-refractivity contribution in [1.29, 1.82) is 0 Å². The maximum atomic E-state index is 11.9. The van der Waals surface area contributed by atoms with Crippen molar-refractivity contribution in [3.8, 4) is 5.75 Å². The average Bonchev–Trinajstić information content (AvgIpc) is 3.30. The molecule has 2 aromatic rings. The van der Waals surface area contributed by atoms with Crippen LogP contribution in [0.1, 0.15) is 11.3 Å². The Morgan fingerprint density at radius 2 is 2.25 bits per heavy atom. The first-order valence-electron chi connectivity index (χ1n) is 8.17. The minimum atomic E-state index is -0.0942. The van der Waals surface area contributed by atoms with Gasteiger partial charge in [0.1, 0.15) is 5.75 Å². The molecule has 1 aliphatic heterocycles. The monoisotopic (exact) mass is 345 g/mol. The van der Waals surface area contributed by atoms with Crippen LogP contribution >= 0.6 is 11.3 Å². The van der Waals surface area contributed by atoms with E-state index in [1.807, 2.05) is 29.6 Å². The van der Waals surface area contributed by atoms with Gasteiger partial charge in [-0.2, -0.15) is 0 Å². The van der Waals surface area contributed by atoms with Crippen molar-refractivity contribution >= 4 is 23.1 Å². The van der Waals surface area contributed by atoms with E-state index in [1.54, 1.807) is 18.4 Å². The molecule has 0 radical (unpaired) electrons. The van der Waals surface area contributed by atoms with E-state index in [9.17, 15) is 4.79 Å². The fourth-order valence-electron chi connectivity index (χ4n) is 2.92. The predicted molar refractivity (Wildman–Crippen MR) is 97.9 cm³/mol. The Morgan fingerprint density at radius 3 is 3.04 bits per heavy atom. The van der Waals surface area contributed by atoms with E-state index >= 15 is 0 Å². The number of hydrogen-bond acceptors (Lipinski definition) is 4. The van der Waals surface area contributed by atoms with Gasteiger partial charge in [0.2, 0.25) is 0 Å². The predicted octanol–water partition coefficient (Wildman–Crippen LogP) is 3.08. The number of ether oxygens (including phenoxy) is 1. The highest BCUT2D eigenvalue weighted by molar-refractivity contribution is 7.09. The molecule has 128 valence electrons. The van der Waals surface area contributed by atoms with E-state index in [4.69, 9.17) is 4.74 Å². The maximum Gasteiger partial charge on any atom is 0.315 e. The third-order valence-corrected chi connectivity index (χ3v) is 5.14. The highest BCUT2D eigenvalue weighted by Crippen LogP contribution is 2.26. The summed E-state index contributed by atoms with van der Waals surface area (Å²) in [6, 6.07) is 12.0. The van der Waals surface area contributed by atoms with E-state index < -0.39 is 0 Å². The summed E-state index contributed by atoms with van der Waals surface area (Å²) in [5, 5.41) is 7.90. The summed E-state index contributed by atoms with van der Waals surface area (Å²) >= 11 is 1.65. The number of anilines is 1. The number of methoxy groups -OCH3 is 1. The van der Waals surface area contributed by atoms with Gasteiger partial charge in [0.05, 0.1) is 13.7 Å². The molecule has 1 aromatic carbocycles. The number of nitrogens with one attached hydrogen (secondary N) is 2. The minimum absolute atomic E-state index is 0.0942. The van der Waals surface area contributed by atoms with Crippen molar-refractivity contribution in [3.63, 3.8) is 0 Å². The Kier molecular flexibility index (Phi) is 5.59. The van der Waals surface area contributed by atoms with Crippen LogP contribution in [0.3, 0.4) is 0 Å². The molecule has 0 bridgehead atoms. The van der Waals surface area contributed by atoms with Crippen LogP contribution < -0.4 is 20.3 Å². The zero-order chi connectivity index (χ0) is 16.8. The Morgan fingerprint density at radius 1 is 1.33 bits per heavy atom. The highest BCUT2D eigenvalue weighted by Gasteiger charge is 2.23. The molecule has 6 heteroatoms. The summed E-state index contributed by atoms with van der Waals surface area (Å²) in [6.07, 6.45) is 1.09. The molecule has 3 rings (SSSR count). The molecular weight excluding hydrogens is 322 g/mol. The van der Waals surface area contributed by atoms with Crippen LogP contribution in [0.25, 0.3) is 0 Å². The van der Waals surface area contributed by atoms with Crippen molar-refractivity contribution in [2.45, 2.75) is 13.0 Å². The van der Waals surface area contributed by atoms with Crippen LogP contribution in [0.4, 0.5) is 10.5 Å². The molecule has 1 aliphatic rings. The lowest BCUT2D eigenvalue weighted by molar-refractivity contribution is 0.239. The maximum absolute atomic E-state index is 11.9. The van der Waals surface area contributed by atoms with E-state index in [0.29, 0.717) is 19.0 Å². The molecule has 2 N–H and O–H groups in total. The molecule has 2 heterocycles. The van der Waals surface area contributed by atoms with Gasteiger partial charge in [-0.15, -0.1) is 11.3 Å². The smallest absolute Gasteiger partial charge is 0.315 e. The average molecular weight is 345 g/mol. The highest BCUT2D eigenvalue weighted by atomic mass is 32.1. The summed E-state index contributed by atoms with van der Waals surface area (Å²) < 4.78 is 5.29. The summed E-state index contributed by atoms with van der Waals surface area (Å²) in [7, 11) is 1.69. The second-order valence-corrected chi connectivity index (χ2v) is 6.98. The zero-order valence-electron chi connectivity index (χ0n) is 13.8. The molecule has 0 saturated carbocycles. The number of thiophene rings is 1. The Bertz CT molecular complexity index is 660. The summed E-state index contributed by atoms with van der Waals surface area (Å²) in [4.78, 5) is 15.4. The molecule has 5 nitrogen and oxygen atoms in total. The molecule has 1 aromatic heterocycles. The normalized spacial score (nSPS) is 16.9. The third-order valence-electron chi connectivity index (χ3n) is 4.26. The lowest BCUT2D eigenvalue weighted by atomic mass is 10.1. The van der Waals surface area contributed by atoms with E-state index in [-0.39, 0.29) is 6.03 Å². The van der Waals surface area contributed by atoms with E-state index in [0.717, 1.165) is 30.1 Å². The standard InChI is InChI=1S/C18H23N3O2S/c1-23-16-5-2-4-15(10-16)21-8-7-14(13-21)11-19-18(22)20-12-17-6-3-9-24-17/h2-6,9-10,14H,7-8,11-13H2,1H3,(H2,19,20,22)/t14-/m1/s1. The van der Waals surface area contributed by atoms with Crippen molar-refractivity contribution in [3.05, 3.63) is 46.7 Å². The van der Waals surface area contributed by atoms with Crippen LogP contribution in [0.2, 0.25) is 0 Å². The number of benzene rings is 1. The number of nitrogens with zero attached hydrogens (tertiary/aromatic N) is 1. The first-order chi connectivity index (χ1) is 11.7. The second kappa shape index (κ2) is 8.06. The fraction of sp³-hybridized carbons (Fsp3) is 0.389. The van der Waals surface area contributed by atoms with Gasteiger partial charge in [-0.05, 0) is 35.9 Å². The number of urea groups is 1. The largest absolute Gasteiger partial charge is 0.497 e. The van der Waals surface area contributed by atoms with E-state index in [2.05, 4.69) is 27.7 Å². The molecule has 1 saturated heterocycles. The van der Waals surface area contributed by atoms with Gasteiger partial charge in [-0.25, -0.2) is 4.79 Å². The van der Waals surface area contributed by atoms with Crippen LogP contribution in [0.15, 0.2) is 41.8 Å². The van der Waals surface area contributed by atoms with Gasteiger partial charge >= 0.3 is 6.03 Å². The first kappa shape index (κ1) is 16.6.